The second-order valence-corrected chi connectivity index (χ2v) is 6.10. The number of carbonyl (C=O) groups is 1. The van der Waals surface area contributed by atoms with Gasteiger partial charge < -0.3 is 9.47 Å². The lowest BCUT2D eigenvalue weighted by Crippen LogP contribution is -2.00. The largest absolute Gasteiger partial charge is 0.497 e. The number of methoxy groups -OCH3 is 2. The smallest absolute Gasteiger partial charge is 0.189 e. The quantitative estimate of drug-likeness (QED) is 0.482. The Hall–Kier alpha value is -3.34. The lowest BCUT2D eigenvalue weighted by Gasteiger charge is -2.08. The van der Waals surface area contributed by atoms with E-state index >= 15 is 0 Å². The minimum Gasteiger partial charge on any atom is -0.497 e. The number of allylic oxidation sites excluding steroid dienone is 1. The molecule has 27 heavy (non-hydrogen) atoms. The number of hydrogen-bond acceptors (Lipinski definition) is 4. The van der Waals surface area contributed by atoms with Gasteiger partial charge in [-0.25, -0.2) is 4.68 Å². The van der Waals surface area contributed by atoms with Crippen LogP contribution >= 0.6 is 0 Å². The molecule has 3 aromatic rings. The van der Waals surface area contributed by atoms with Gasteiger partial charge >= 0.3 is 0 Å². The summed E-state index contributed by atoms with van der Waals surface area (Å²) in [4.78, 5) is 12.7. The van der Waals surface area contributed by atoms with E-state index in [1.807, 2.05) is 48.9 Å². The molecule has 1 aromatic heterocycles. The first-order valence-corrected chi connectivity index (χ1v) is 8.61. The maximum atomic E-state index is 12.7. The predicted octanol–water partition coefficient (Wildman–Crippen LogP) is 4.40. The summed E-state index contributed by atoms with van der Waals surface area (Å²) < 4.78 is 12.4. The van der Waals surface area contributed by atoms with Gasteiger partial charge in [0.1, 0.15) is 11.5 Å². The summed E-state index contributed by atoms with van der Waals surface area (Å²) in [5.74, 6) is 0.965. The fraction of sp³-hybridized carbons (Fsp3) is 0.182. The summed E-state index contributed by atoms with van der Waals surface area (Å²) in [5.41, 5.74) is 4.20. The summed E-state index contributed by atoms with van der Waals surface area (Å²) >= 11 is 0. The summed E-state index contributed by atoms with van der Waals surface area (Å²) in [7, 11) is 3.11. The van der Waals surface area contributed by atoms with Gasteiger partial charge in [-0.3, -0.25) is 4.79 Å². The van der Waals surface area contributed by atoms with Crippen LogP contribution in [-0.2, 0) is 0 Å². The number of ketones is 1. The molecule has 0 N–H and O–H groups in total. The van der Waals surface area contributed by atoms with Crippen LogP contribution in [0.2, 0.25) is 0 Å². The highest BCUT2D eigenvalue weighted by Gasteiger charge is 2.14. The molecule has 0 saturated carbocycles. The van der Waals surface area contributed by atoms with Gasteiger partial charge in [0.25, 0.3) is 0 Å². The lowest BCUT2D eigenvalue weighted by atomic mass is 10.1. The summed E-state index contributed by atoms with van der Waals surface area (Å²) in [6.45, 7) is 3.92. The molecule has 5 heteroatoms. The molecule has 0 atom stereocenters. The number of nitrogens with zero attached hydrogens (tertiary/aromatic N) is 2. The van der Waals surface area contributed by atoms with Crippen LogP contribution < -0.4 is 9.47 Å². The van der Waals surface area contributed by atoms with E-state index < -0.39 is 0 Å². The molecule has 0 amide bonds. The Bertz CT molecular complexity index is 988. The zero-order chi connectivity index (χ0) is 19.4. The molecule has 0 unspecified atom stereocenters. The summed E-state index contributed by atoms with van der Waals surface area (Å²) in [5, 5.41) is 4.60. The first-order chi connectivity index (χ1) is 13.0. The Morgan fingerprint density at radius 2 is 1.78 bits per heavy atom. The van der Waals surface area contributed by atoms with Gasteiger partial charge in [0.05, 0.1) is 31.2 Å². The van der Waals surface area contributed by atoms with Gasteiger partial charge in [-0.15, -0.1) is 0 Å². The van der Waals surface area contributed by atoms with Gasteiger partial charge in [0.15, 0.2) is 5.78 Å². The van der Waals surface area contributed by atoms with Gasteiger partial charge in [-0.2, -0.15) is 5.10 Å². The molecule has 5 nitrogen and oxygen atoms in total. The average Bonchev–Trinajstić information content (AvgIpc) is 2.99. The fourth-order valence-corrected chi connectivity index (χ4v) is 2.97. The summed E-state index contributed by atoms with van der Waals surface area (Å²) in [6.07, 6.45) is 3.35. The number of benzene rings is 2. The average molecular weight is 362 g/mol. The van der Waals surface area contributed by atoms with Crippen molar-refractivity contribution in [3.8, 4) is 17.2 Å². The highest BCUT2D eigenvalue weighted by atomic mass is 16.5. The summed E-state index contributed by atoms with van der Waals surface area (Å²) in [6, 6.07) is 15.1. The zero-order valence-corrected chi connectivity index (χ0v) is 15.9. The molecule has 0 saturated heterocycles. The molecule has 0 aliphatic heterocycles. The van der Waals surface area contributed by atoms with Crippen molar-refractivity contribution in [2.45, 2.75) is 13.8 Å². The van der Waals surface area contributed by atoms with E-state index in [-0.39, 0.29) is 5.78 Å². The molecular formula is C22H22N2O3. The second kappa shape index (κ2) is 7.91. The fourth-order valence-electron chi connectivity index (χ4n) is 2.97. The van der Waals surface area contributed by atoms with Crippen molar-refractivity contribution < 1.29 is 14.3 Å². The van der Waals surface area contributed by atoms with Gasteiger partial charge in [-0.1, -0.05) is 18.2 Å². The van der Waals surface area contributed by atoms with Crippen molar-refractivity contribution in [3.63, 3.8) is 0 Å². The van der Waals surface area contributed by atoms with Gasteiger partial charge in [0, 0.05) is 11.3 Å². The van der Waals surface area contributed by atoms with E-state index in [1.165, 1.54) is 0 Å². The number of carbonyl (C=O) groups excluding carboxylic acids is 1. The van der Waals surface area contributed by atoms with Crippen molar-refractivity contribution in [1.29, 1.82) is 0 Å². The van der Waals surface area contributed by atoms with E-state index in [0.29, 0.717) is 17.1 Å². The number of aryl methyl sites for hydroxylation is 1. The van der Waals surface area contributed by atoms with E-state index in [4.69, 9.17) is 9.47 Å². The molecule has 0 bridgehead atoms. The van der Waals surface area contributed by atoms with E-state index in [2.05, 4.69) is 5.10 Å². The van der Waals surface area contributed by atoms with Gasteiger partial charge in [-0.05, 0) is 56.3 Å². The molecule has 3 rings (SSSR count). The Morgan fingerprint density at radius 3 is 2.44 bits per heavy atom. The molecule has 0 fully saturated rings. The molecule has 1 heterocycles. The second-order valence-electron chi connectivity index (χ2n) is 6.10. The highest BCUT2D eigenvalue weighted by molar-refractivity contribution is 6.09. The van der Waals surface area contributed by atoms with Crippen molar-refractivity contribution in [1.82, 2.24) is 9.78 Å². The number of aromatic nitrogens is 2. The minimum absolute atomic E-state index is 0.156. The third kappa shape index (κ3) is 3.77. The Kier molecular flexibility index (Phi) is 5.41. The van der Waals surface area contributed by atoms with E-state index in [1.54, 1.807) is 44.6 Å². The highest BCUT2D eigenvalue weighted by Crippen LogP contribution is 2.25. The SMILES string of the molecule is COc1ccc(OC)c(C(=O)/C=C/c2c(C)nn(-c3ccccc3)c2C)c1. The normalized spacial score (nSPS) is 11.0. The van der Waals surface area contributed by atoms with Crippen LogP contribution in [0.15, 0.2) is 54.6 Å². The number of para-hydroxylation sites is 1. The maximum absolute atomic E-state index is 12.7. The van der Waals surface area contributed by atoms with Crippen LogP contribution in [0, 0.1) is 13.8 Å². The van der Waals surface area contributed by atoms with Crippen LogP contribution in [0.5, 0.6) is 11.5 Å². The molecule has 0 radical (unpaired) electrons. The van der Waals surface area contributed by atoms with Crippen LogP contribution in [0.1, 0.15) is 27.3 Å². The number of rotatable bonds is 6. The van der Waals surface area contributed by atoms with Crippen molar-refractivity contribution in [2.24, 2.45) is 0 Å². The molecule has 2 aromatic carbocycles. The van der Waals surface area contributed by atoms with Crippen LogP contribution in [-0.4, -0.2) is 29.8 Å². The molecular weight excluding hydrogens is 340 g/mol. The first-order valence-electron chi connectivity index (χ1n) is 8.61. The Balaban J connectivity index is 1.93. The third-order valence-electron chi connectivity index (χ3n) is 4.42. The van der Waals surface area contributed by atoms with Crippen molar-refractivity contribution in [2.75, 3.05) is 14.2 Å². The first kappa shape index (κ1) is 18.5. The zero-order valence-electron chi connectivity index (χ0n) is 15.9. The number of hydrogen-bond donors (Lipinski definition) is 0. The Labute approximate surface area is 158 Å². The van der Waals surface area contributed by atoms with Crippen molar-refractivity contribution >= 4 is 11.9 Å². The predicted molar refractivity (Wildman–Crippen MR) is 106 cm³/mol. The van der Waals surface area contributed by atoms with E-state index in [9.17, 15) is 4.79 Å². The standard InChI is InChI=1S/C22H22N2O3/c1-15-19(16(2)24(23-15)17-8-6-5-7-9-17)11-12-21(25)20-14-18(26-3)10-13-22(20)27-4/h5-14H,1-4H3/b12-11+. The van der Waals surface area contributed by atoms with Gasteiger partial charge in [0.2, 0.25) is 0 Å². The minimum atomic E-state index is -0.156. The molecule has 0 spiro atoms. The molecule has 0 aliphatic carbocycles. The van der Waals surface area contributed by atoms with E-state index in [0.717, 1.165) is 22.6 Å². The Morgan fingerprint density at radius 1 is 1.04 bits per heavy atom. The molecule has 138 valence electrons. The topological polar surface area (TPSA) is 53.4 Å². The molecule has 0 aliphatic rings. The number of ether oxygens (including phenoxy) is 2. The monoisotopic (exact) mass is 362 g/mol. The third-order valence-corrected chi connectivity index (χ3v) is 4.42. The van der Waals surface area contributed by atoms with Crippen LogP contribution in [0.4, 0.5) is 0 Å². The van der Waals surface area contributed by atoms with Crippen LogP contribution in [0.3, 0.4) is 0 Å². The van der Waals surface area contributed by atoms with Crippen LogP contribution in [0.25, 0.3) is 11.8 Å². The maximum Gasteiger partial charge on any atom is 0.189 e. The lowest BCUT2D eigenvalue weighted by molar-refractivity contribution is 0.104. The van der Waals surface area contributed by atoms with Crippen molar-refractivity contribution in [3.05, 3.63) is 77.1 Å².